The molecule has 0 atom stereocenters. The van der Waals surface area contributed by atoms with Crippen LogP contribution in [0.25, 0.3) is 11.0 Å². The highest BCUT2D eigenvalue weighted by molar-refractivity contribution is 5.83. The van der Waals surface area contributed by atoms with Gasteiger partial charge in [0.25, 0.3) is 0 Å². The topological polar surface area (TPSA) is 53.7 Å². The van der Waals surface area contributed by atoms with Crippen molar-refractivity contribution in [2.45, 2.75) is 20.4 Å². The normalized spacial score (nSPS) is 11.4. The predicted molar refractivity (Wildman–Crippen MR) is 75.4 cm³/mol. The van der Waals surface area contributed by atoms with Crippen LogP contribution in [0.15, 0.2) is 27.4 Å². The van der Waals surface area contributed by atoms with E-state index in [2.05, 4.69) is 0 Å². The van der Waals surface area contributed by atoms with Gasteiger partial charge in [-0.3, -0.25) is 4.90 Å². The van der Waals surface area contributed by atoms with Crippen LogP contribution in [0.1, 0.15) is 16.7 Å². The third-order valence-electron chi connectivity index (χ3n) is 3.44. The van der Waals surface area contributed by atoms with Crippen molar-refractivity contribution >= 4 is 11.0 Å². The van der Waals surface area contributed by atoms with E-state index >= 15 is 0 Å². The Bertz CT molecular complexity index is 646. The quantitative estimate of drug-likeness (QED) is 0.853. The van der Waals surface area contributed by atoms with Gasteiger partial charge in [0.2, 0.25) is 0 Å². The number of hydrogen-bond acceptors (Lipinski definition) is 4. The Morgan fingerprint density at radius 1 is 1.32 bits per heavy atom. The Morgan fingerprint density at radius 3 is 2.74 bits per heavy atom. The summed E-state index contributed by atoms with van der Waals surface area (Å²) in [5.74, 6) is 0. The molecule has 2 aromatic rings. The number of nitrogens with zero attached hydrogens (tertiary/aromatic N) is 1. The van der Waals surface area contributed by atoms with E-state index in [9.17, 15) is 4.79 Å². The first-order valence-corrected chi connectivity index (χ1v) is 6.35. The molecule has 0 fully saturated rings. The van der Waals surface area contributed by atoms with Gasteiger partial charge in [-0.05, 0) is 37.6 Å². The first-order chi connectivity index (χ1) is 9.02. The highest BCUT2D eigenvalue weighted by Crippen LogP contribution is 2.23. The van der Waals surface area contributed by atoms with Gasteiger partial charge in [-0.1, -0.05) is 12.1 Å². The van der Waals surface area contributed by atoms with Gasteiger partial charge >= 0.3 is 5.63 Å². The second-order valence-corrected chi connectivity index (χ2v) is 4.94. The second-order valence-electron chi connectivity index (χ2n) is 4.94. The molecule has 0 radical (unpaired) electrons. The summed E-state index contributed by atoms with van der Waals surface area (Å²) in [5.41, 5.74) is 3.39. The molecule has 0 aliphatic carbocycles. The molecule has 4 nitrogen and oxygen atoms in total. The second kappa shape index (κ2) is 5.55. The molecule has 1 aromatic carbocycles. The first kappa shape index (κ1) is 13.8. The molecule has 0 spiro atoms. The maximum Gasteiger partial charge on any atom is 0.336 e. The minimum absolute atomic E-state index is 0.105. The Balaban J connectivity index is 2.55. The van der Waals surface area contributed by atoms with Crippen molar-refractivity contribution in [1.29, 1.82) is 0 Å². The molecule has 2 rings (SSSR count). The third-order valence-corrected chi connectivity index (χ3v) is 3.44. The van der Waals surface area contributed by atoms with Crippen LogP contribution in [0.5, 0.6) is 0 Å². The first-order valence-electron chi connectivity index (χ1n) is 6.35. The summed E-state index contributed by atoms with van der Waals surface area (Å²) in [6, 6.07) is 5.56. The van der Waals surface area contributed by atoms with Crippen molar-refractivity contribution in [2.75, 3.05) is 20.2 Å². The lowest BCUT2D eigenvalue weighted by Gasteiger charge is -2.16. The van der Waals surface area contributed by atoms with Gasteiger partial charge in [0.05, 0.1) is 6.61 Å². The van der Waals surface area contributed by atoms with E-state index in [0.29, 0.717) is 18.7 Å². The lowest BCUT2D eigenvalue weighted by molar-refractivity contribution is 0.217. The largest absolute Gasteiger partial charge is 0.422 e. The number of aryl methyl sites for hydroxylation is 2. The summed E-state index contributed by atoms with van der Waals surface area (Å²) < 4.78 is 5.33. The van der Waals surface area contributed by atoms with Crippen molar-refractivity contribution < 1.29 is 9.52 Å². The maximum atomic E-state index is 11.7. The zero-order valence-corrected chi connectivity index (χ0v) is 11.6. The van der Waals surface area contributed by atoms with E-state index in [-0.39, 0.29) is 12.2 Å². The fourth-order valence-electron chi connectivity index (χ4n) is 2.20. The molecule has 0 saturated heterocycles. The minimum Gasteiger partial charge on any atom is -0.422 e. The van der Waals surface area contributed by atoms with E-state index in [1.165, 1.54) is 6.07 Å². The molecule has 0 saturated carbocycles. The lowest BCUT2D eigenvalue weighted by Crippen LogP contribution is -2.22. The van der Waals surface area contributed by atoms with Crippen LogP contribution >= 0.6 is 0 Å². The molecule has 0 bridgehead atoms. The number of aliphatic hydroxyl groups excluding tert-OH is 1. The molecule has 0 unspecified atom stereocenters. The minimum atomic E-state index is -0.325. The molecule has 1 N–H and O–H groups in total. The fourth-order valence-corrected chi connectivity index (χ4v) is 2.20. The van der Waals surface area contributed by atoms with Gasteiger partial charge in [-0.2, -0.15) is 0 Å². The molecular weight excluding hydrogens is 242 g/mol. The molecule has 1 aromatic heterocycles. The van der Waals surface area contributed by atoms with Crippen LogP contribution in [0, 0.1) is 13.8 Å². The number of likely N-dealkylation sites (N-methyl/N-ethyl adjacent to an activating group) is 1. The van der Waals surface area contributed by atoms with Gasteiger partial charge in [-0.15, -0.1) is 0 Å². The number of aliphatic hydroxyl groups is 1. The van der Waals surface area contributed by atoms with Crippen molar-refractivity contribution in [3.63, 3.8) is 0 Å². The van der Waals surface area contributed by atoms with Crippen LogP contribution in [0.3, 0.4) is 0 Å². The van der Waals surface area contributed by atoms with Crippen molar-refractivity contribution in [1.82, 2.24) is 4.90 Å². The standard InChI is InChI=1S/C15H19NO3/c1-10-4-5-13-12(9-16(3)6-7-17)8-14(18)19-15(13)11(10)2/h4-5,8,17H,6-7,9H2,1-3H3. The van der Waals surface area contributed by atoms with Crippen LogP contribution in [-0.2, 0) is 6.54 Å². The highest BCUT2D eigenvalue weighted by atomic mass is 16.4. The number of hydrogen-bond donors (Lipinski definition) is 1. The SMILES string of the molecule is Cc1ccc2c(CN(C)CCO)cc(=O)oc2c1C. The van der Waals surface area contributed by atoms with Gasteiger partial charge < -0.3 is 9.52 Å². The Labute approximate surface area is 112 Å². The summed E-state index contributed by atoms with van der Waals surface area (Å²) in [6.07, 6.45) is 0. The van der Waals surface area contributed by atoms with Gasteiger partial charge in [0.15, 0.2) is 0 Å². The van der Waals surface area contributed by atoms with E-state index in [4.69, 9.17) is 9.52 Å². The highest BCUT2D eigenvalue weighted by Gasteiger charge is 2.10. The van der Waals surface area contributed by atoms with E-state index in [0.717, 1.165) is 22.1 Å². The Hall–Kier alpha value is -1.65. The van der Waals surface area contributed by atoms with Crippen molar-refractivity contribution in [3.05, 3.63) is 45.3 Å². The average molecular weight is 261 g/mol. The van der Waals surface area contributed by atoms with Crippen molar-refractivity contribution in [2.24, 2.45) is 0 Å². The van der Waals surface area contributed by atoms with Gasteiger partial charge in [0, 0.05) is 24.5 Å². The van der Waals surface area contributed by atoms with Crippen LogP contribution in [0.4, 0.5) is 0 Å². The monoisotopic (exact) mass is 261 g/mol. The zero-order chi connectivity index (χ0) is 14.0. The fraction of sp³-hybridized carbons (Fsp3) is 0.400. The molecular formula is C15H19NO3. The summed E-state index contributed by atoms with van der Waals surface area (Å²) in [5, 5.41) is 9.91. The van der Waals surface area contributed by atoms with Gasteiger partial charge in [0.1, 0.15) is 5.58 Å². The van der Waals surface area contributed by atoms with Crippen LogP contribution < -0.4 is 5.63 Å². The Morgan fingerprint density at radius 2 is 2.05 bits per heavy atom. The summed E-state index contributed by atoms with van der Waals surface area (Å²) >= 11 is 0. The number of rotatable bonds is 4. The zero-order valence-electron chi connectivity index (χ0n) is 11.6. The molecule has 0 aliphatic rings. The predicted octanol–water partition coefficient (Wildman–Crippen LogP) is 1.83. The van der Waals surface area contributed by atoms with E-state index in [1.807, 2.05) is 37.9 Å². The van der Waals surface area contributed by atoms with Gasteiger partial charge in [-0.25, -0.2) is 4.79 Å². The van der Waals surface area contributed by atoms with E-state index in [1.54, 1.807) is 0 Å². The lowest BCUT2D eigenvalue weighted by atomic mass is 10.0. The Kier molecular flexibility index (Phi) is 4.02. The molecule has 102 valence electrons. The molecule has 19 heavy (non-hydrogen) atoms. The van der Waals surface area contributed by atoms with Crippen LogP contribution in [0.2, 0.25) is 0 Å². The van der Waals surface area contributed by atoms with E-state index < -0.39 is 0 Å². The number of benzene rings is 1. The molecule has 0 aliphatic heterocycles. The summed E-state index contributed by atoms with van der Waals surface area (Å²) in [4.78, 5) is 13.6. The number of fused-ring (bicyclic) bond motifs is 1. The summed E-state index contributed by atoms with van der Waals surface area (Å²) in [6.45, 7) is 5.26. The molecule has 0 amide bonds. The average Bonchev–Trinajstić information content (AvgIpc) is 2.34. The third kappa shape index (κ3) is 2.85. The summed E-state index contributed by atoms with van der Waals surface area (Å²) in [7, 11) is 1.91. The molecule has 1 heterocycles. The smallest absolute Gasteiger partial charge is 0.336 e. The molecule has 4 heteroatoms. The van der Waals surface area contributed by atoms with Crippen molar-refractivity contribution in [3.8, 4) is 0 Å². The maximum absolute atomic E-state index is 11.7. The van der Waals surface area contributed by atoms with Crippen LogP contribution in [-0.4, -0.2) is 30.2 Å².